The van der Waals surface area contributed by atoms with Gasteiger partial charge in [-0.05, 0) is 55.7 Å². The van der Waals surface area contributed by atoms with Crippen molar-refractivity contribution >= 4 is 17.5 Å². The summed E-state index contributed by atoms with van der Waals surface area (Å²) < 4.78 is 11.0. The molecule has 0 saturated heterocycles. The highest BCUT2D eigenvalue weighted by Gasteiger charge is 2.28. The average molecular weight is 440 g/mol. The highest BCUT2D eigenvalue weighted by atomic mass is 16.5. The Bertz CT molecular complexity index is 988. The lowest BCUT2D eigenvalue weighted by Crippen LogP contribution is -2.48. The van der Waals surface area contributed by atoms with Crippen molar-refractivity contribution in [2.75, 3.05) is 20.3 Å². The number of hydrogen-bond acceptors (Lipinski definition) is 6. The molecule has 0 fully saturated rings. The van der Waals surface area contributed by atoms with E-state index in [4.69, 9.17) is 9.47 Å². The zero-order valence-electron chi connectivity index (χ0n) is 18.6. The van der Waals surface area contributed by atoms with E-state index < -0.39 is 6.04 Å². The van der Waals surface area contributed by atoms with Crippen LogP contribution >= 0.6 is 0 Å². The number of carbonyl (C=O) groups excluding carboxylic acids is 2. The first-order valence-electron chi connectivity index (χ1n) is 10.7. The van der Waals surface area contributed by atoms with E-state index in [1.807, 2.05) is 25.1 Å². The van der Waals surface area contributed by atoms with Gasteiger partial charge in [-0.1, -0.05) is 12.1 Å². The van der Waals surface area contributed by atoms with Gasteiger partial charge in [0.25, 0.3) is 5.91 Å². The first kappa shape index (κ1) is 23.1. The van der Waals surface area contributed by atoms with E-state index in [9.17, 15) is 14.7 Å². The molecule has 0 unspecified atom stereocenters. The van der Waals surface area contributed by atoms with Gasteiger partial charge in [0.05, 0.1) is 19.4 Å². The normalized spacial score (nSPS) is 14.3. The van der Waals surface area contributed by atoms with Crippen LogP contribution in [0.15, 0.2) is 47.6 Å². The number of hydrogen-bond donors (Lipinski definition) is 2. The van der Waals surface area contributed by atoms with Crippen molar-refractivity contribution in [3.63, 3.8) is 0 Å². The van der Waals surface area contributed by atoms with Crippen LogP contribution in [0.3, 0.4) is 0 Å². The summed E-state index contributed by atoms with van der Waals surface area (Å²) in [5.74, 6) is 0.845. The fourth-order valence-corrected chi connectivity index (χ4v) is 3.62. The number of hydrazone groups is 1. The highest BCUT2D eigenvalue weighted by molar-refractivity contribution is 6.02. The number of nitrogens with zero attached hydrogens (tertiary/aromatic N) is 2. The molecule has 0 aromatic heterocycles. The second-order valence-electron chi connectivity index (χ2n) is 7.53. The predicted octanol–water partition coefficient (Wildman–Crippen LogP) is 2.87. The molecular weight excluding hydrogens is 410 g/mol. The zero-order valence-corrected chi connectivity index (χ0v) is 18.6. The Morgan fingerprint density at radius 1 is 1.19 bits per heavy atom. The first-order chi connectivity index (χ1) is 15.4. The van der Waals surface area contributed by atoms with Gasteiger partial charge in [0.1, 0.15) is 11.8 Å². The van der Waals surface area contributed by atoms with Gasteiger partial charge in [0, 0.05) is 25.5 Å². The van der Waals surface area contributed by atoms with Crippen LogP contribution in [0.2, 0.25) is 0 Å². The summed E-state index contributed by atoms with van der Waals surface area (Å²) in [4.78, 5) is 25.0. The number of phenols is 1. The molecule has 0 bridgehead atoms. The number of methoxy groups -OCH3 is 1. The van der Waals surface area contributed by atoms with E-state index in [2.05, 4.69) is 10.4 Å². The standard InChI is InChI=1S/C24H29N3O5/c1-4-32-23-15-18(9-12-22(23)31-3)20-6-5-13-27(26-20)24(30)21(25-16(2)28)14-17-7-10-19(29)11-8-17/h7-12,15,21,29H,4-6,13-14H2,1-3H3,(H,25,28)/t21-/m0/s1. The van der Waals surface area contributed by atoms with E-state index in [0.29, 0.717) is 31.1 Å². The summed E-state index contributed by atoms with van der Waals surface area (Å²) in [5.41, 5.74) is 2.47. The molecule has 170 valence electrons. The molecule has 0 aliphatic carbocycles. The van der Waals surface area contributed by atoms with Crippen LogP contribution in [0.4, 0.5) is 0 Å². The van der Waals surface area contributed by atoms with E-state index >= 15 is 0 Å². The van der Waals surface area contributed by atoms with Crippen LogP contribution in [0.5, 0.6) is 17.2 Å². The molecule has 1 atom stereocenters. The van der Waals surface area contributed by atoms with Gasteiger partial charge in [0.2, 0.25) is 5.91 Å². The topological polar surface area (TPSA) is 100 Å². The zero-order chi connectivity index (χ0) is 23.1. The number of carbonyl (C=O) groups is 2. The van der Waals surface area contributed by atoms with E-state index in [0.717, 1.165) is 29.7 Å². The Labute approximate surface area is 187 Å². The number of ether oxygens (including phenoxy) is 2. The molecule has 1 heterocycles. The summed E-state index contributed by atoms with van der Waals surface area (Å²) in [6.07, 6.45) is 1.79. The fraction of sp³-hybridized carbons (Fsp3) is 0.375. The third-order valence-electron chi connectivity index (χ3n) is 5.13. The molecule has 2 amide bonds. The molecule has 8 heteroatoms. The van der Waals surface area contributed by atoms with Crippen molar-refractivity contribution in [2.45, 2.75) is 39.2 Å². The molecular formula is C24H29N3O5. The minimum absolute atomic E-state index is 0.146. The maximum Gasteiger partial charge on any atom is 0.265 e. The molecule has 2 aromatic rings. The van der Waals surface area contributed by atoms with Crippen molar-refractivity contribution in [1.29, 1.82) is 0 Å². The van der Waals surface area contributed by atoms with Gasteiger partial charge in [-0.3, -0.25) is 9.59 Å². The Morgan fingerprint density at radius 3 is 2.59 bits per heavy atom. The van der Waals surface area contributed by atoms with Gasteiger partial charge in [-0.15, -0.1) is 0 Å². The fourth-order valence-electron chi connectivity index (χ4n) is 3.62. The molecule has 3 rings (SSSR count). The second kappa shape index (κ2) is 10.7. The van der Waals surface area contributed by atoms with Crippen molar-refractivity contribution in [3.05, 3.63) is 53.6 Å². The van der Waals surface area contributed by atoms with Crippen LogP contribution in [0.1, 0.15) is 37.8 Å². The molecule has 32 heavy (non-hydrogen) atoms. The second-order valence-corrected chi connectivity index (χ2v) is 7.53. The maximum atomic E-state index is 13.3. The average Bonchev–Trinajstić information content (AvgIpc) is 2.79. The largest absolute Gasteiger partial charge is 0.508 e. The Balaban J connectivity index is 1.84. The number of nitrogens with one attached hydrogen (secondary N) is 1. The third-order valence-corrected chi connectivity index (χ3v) is 5.13. The number of phenolic OH excluding ortho intramolecular Hbond substituents is 1. The van der Waals surface area contributed by atoms with Crippen LogP contribution in [-0.4, -0.2) is 53.9 Å². The number of rotatable bonds is 8. The summed E-state index contributed by atoms with van der Waals surface area (Å²) >= 11 is 0. The minimum Gasteiger partial charge on any atom is -0.508 e. The van der Waals surface area contributed by atoms with Crippen molar-refractivity contribution in [1.82, 2.24) is 10.3 Å². The van der Waals surface area contributed by atoms with Gasteiger partial charge >= 0.3 is 0 Å². The predicted molar refractivity (Wildman–Crippen MR) is 121 cm³/mol. The number of benzene rings is 2. The van der Waals surface area contributed by atoms with Crippen LogP contribution in [0, 0.1) is 0 Å². The molecule has 0 radical (unpaired) electrons. The van der Waals surface area contributed by atoms with Gasteiger partial charge < -0.3 is 19.9 Å². The molecule has 2 N–H and O–H groups in total. The summed E-state index contributed by atoms with van der Waals surface area (Å²) in [6, 6.07) is 11.4. The lowest BCUT2D eigenvalue weighted by atomic mass is 10.0. The van der Waals surface area contributed by atoms with E-state index in [1.54, 1.807) is 31.4 Å². The Morgan fingerprint density at radius 2 is 1.94 bits per heavy atom. The van der Waals surface area contributed by atoms with Crippen molar-refractivity contribution < 1.29 is 24.2 Å². The molecule has 8 nitrogen and oxygen atoms in total. The molecule has 0 saturated carbocycles. The molecule has 1 aliphatic heterocycles. The van der Waals surface area contributed by atoms with Crippen LogP contribution < -0.4 is 14.8 Å². The SMILES string of the molecule is CCOc1cc(C2=NN(C(=O)[C@H](Cc3ccc(O)cc3)NC(C)=O)CCC2)ccc1OC. The van der Waals surface area contributed by atoms with Gasteiger partial charge in [-0.2, -0.15) is 5.10 Å². The number of amides is 2. The van der Waals surface area contributed by atoms with Gasteiger partial charge in [0.15, 0.2) is 11.5 Å². The smallest absolute Gasteiger partial charge is 0.265 e. The van der Waals surface area contributed by atoms with E-state index in [-0.39, 0.29) is 17.6 Å². The van der Waals surface area contributed by atoms with Gasteiger partial charge in [-0.25, -0.2) is 5.01 Å². The van der Waals surface area contributed by atoms with E-state index in [1.165, 1.54) is 11.9 Å². The molecule has 0 spiro atoms. The lowest BCUT2D eigenvalue weighted by Gasteiger charge is -2.28. The minimum atomic E-state index is -0.755. The lowest BCUT2D eigenvalue weighted by molar-refractivity contribution is -0.136. The monoisotopic (exact) mass is 439 g/mol. The number of aromatic hydroxyl groups is 1. The summed E-state index contributed by atoms with van der Waals surface area (Å²) in [7, 11) is 1.59. The summed E-state index contributed by atoms with van der Waals surface area (Å²) in [5, 5.41) is 18.3. The third kappa shape index (κ3) is 5.78. The van der Waals surface area contributed by atoms with Crippen molar-refractivity contribution in [3.8, 4) is 17.2 Å². The highest BCUT2D eigenvalue weighted by Crippen LogP contribution is 2.29. The first-order valence-corrected chi connectivity index (χ1v) is 10.7. The van der Waals surface area contributed by atoms with Crippen LogP contribution in [0.25, 0.3) is 0 Å². The Kier molecular flexibility index (Phi) is 7.70. The Hall–Kier alpha value is -3.55. The molecule has 2 aromatic carbocycles. The maximum absolute atomic E-state index is 13.3. The van der Waals surface area contributed by atoms with Crippen molar-refractivity contribution in [2.24, 2.45) is 5.10 Å². The quantitative estimate of drug-likeness (QED) is 0.659. The molecule has 1 aliphatic rings. The summed E-state index contributed by atoms with van der Waals surface area (Å²) in [6.45, 7) is 4.27. The van der Waals surface area contributed by atoms with Crippen LogP contribution in [-0.2, 0) is 16.0 Å².